The van der Waals surface area contributed by atoms with Crippen molar-refractivity contribution in [3.05, 3.63) is 35.4 Å². The maximum Gasteiger partial charge on any atom is 0.251 e. The highest BCUT2D eigenvalue weighted by Gasteiger charge is 2.36. The van der Waals surface area contributed by atoms with Crippen LogP contribution >= 0.6 is 0 Å². The highest BCUT2D eigenvalue weighted by atomic mass is 16.2. The lowest BCUT2D eigenvalue weighted by molar-refractivity contribution is -0.121. The number of benzene rings is 1. The molecule has 1 aliphatic rings. The van der Waals surface area contributed by atoms with E-state index in [1.54, 1.807) is 12.1 Å². The van der Waals surface area contributed by atoms with Crippen molar-refractivity contribution in [2.24, 2.45) is 5.92 Å². The summed E-state index contributed by atoms with van der Waals surface area (Å²) >= 11 is 0. The Hall–Kier alpha value is -2.35. The first-order chi connectivity index (χ1) is 11.0. The van der Waals surface area contributed by atoms with E-state index < -0.39 is 5.54 Å². The van der Waals surface area contributed by atoms with E-state index >= 15 is 0 Å². The second-order valence-electron chi connectivity index (χ2n) is 6.44. The third kappa shape index (κ3) is 4.32. The Morgan fingerprint density at radius 3 is 2.78 bits per heavy atom. The fraction of sp³-hybridized carbons (Fsp3) is 0.500. The highest BCUT2D eigenvalue weighted by Crippen LogP contribution is 2.31. The number of nitrogens with one attached hydrogen (secondary N) is 2. The van der Waals surface area contributed by atoms with Gasteiger partial charge in [-0.25, -0.2) is 0 Å². The van der Waals surface area contributed by atoms with Gasteiger partial charge in [0.1, 0.15) is 5.54 Å². The summed E-state index contributed by atoms with van der Waals surface area (Å²) in [6, 6.07) is 9.49. The van der Waals surface area contributed by atoms with E-state index in [2.05, 4.69) is 23.6 Å². The Balaban J connectivity index is 1.91. The topological polar surface area (TPSA) is 82.0 Å². The van der Waals surface area contributed by atoms with Crippen LogP contribution in [0.1, 0.15) is 48.5 Å². The standard InChI is InChI=1S/C18H23N3O2/c1-13-6-5-9-18(10-13,12-19)21-16(22)11-20-17(23)15-8-4-3-7-14(15)2/h3-4,7-8,13H,5-6,9-11H2,1-2H3,(H,20,23)(H,21,22)/t13-,18-/m1/s1. The molecule has 2 rings (SSSR count). The molecule has 0 heterocycles. The van der Waals surface area contributed by atoms with Crippen LogP contribution in [0, 0.1) is 24.2 Å². The lowest BCUT2D eigenvalue weighted by atomic mass is 9.77. The molecule has 0 bridgehead atoms. The third-order valence-electron chi connectivity index (χ3n) is 4.39. The smallest absolute Gasteiger partial charge is 0.251 e. The second-order valence-corrected chi connectivity index (χ2v) is 6.44. The fourth-order valence-corrected chi connectivity index (χ4v) is 3.19. The van der Waals surface area contributed by atoms with Gasteiger partial charge in [-0.3, -0.25) is 9.59 Å². The van der Waals surface area contributed by atoms with Gasteiger partial charge in [-0.1, -0.05) is 31.5 Å². The van der Waals surface area contributed by atoms with Gasteiger partial charge in [-0.2, -0.15) is 5.26 Å². The number of hydrogen-bond acceptors (Lipinski definition) is 3. The summed E-state index contributed by atoms with van der Waals surface area (Å²) in [6.45, 7) is 3.82. The molecule has 122 valence electrons. The van der Waals surface area contributed by atoms with E-state index in [9.17, 15) is 14.9 Å². The van der Waals surface area contributed by atoms with E-state index in [4.69, 9.17) is 0 Å². The van der Waals surface area contributed by atoms with Gasteiger partial charge >= 0.3 is 0 Å². The lowest BCUT2D eigenvalue weighted by Crippen LogP contribution is -2.52. The summed E-state index contributed by atoms with van der Waals surface area (Å²) in [6.07, 6.45) is 3.36. The summed E-state index contributed by atoms with van der Waals surface area (Å²) in [5.74, 6) is -0.172. The summed E-state index contributed by atoms with van der Waals surface area (Å²) in [5, 5.41) is 14.9. The van der Waals surface area contributed by atoms with Crippen LogP contribution in [0.5, 0.6) is 0 Å². The van der Waals surface area contributed by atoms with E-state index in [-0.39, 0.29) is 18.4 Å². The zero-order valence-electron chi connectivity index (χ0n) is 13.7. The van der Waals surface area contributed by atoms with Gasteiger partial charge in [0.15, 0.2) is 0 Å². The predicted octanol–water partition coefficient (Wildman–Crippen LogP) is 2.31. The van der Waals surface area contributed by atoms with Gasteiger partial charge in [0.05, 0.1) is 12.6 Å². The van der Waals surface area contributed by atoms with Crippen LogP contribution in [0.15, 0.2) is 24.3 Å². The van der Waals surface area contributed by atoms with Gasteiger partial charge in [0.2, 0.25) is 5.91 Å². The molecule has 2 atom stereocenters. The summed E-state index contributed by atoms with van der Waals surface area (Å²) in [4.78, 5) is 24.2. The molecule has 0 aliphatic heterocycles. The van der Waals surface area contributed by atoms with Crippen LogP contribution in [0.25, 0.3) is 0 Å². The Kier molecular flexibility index (Phi) is 5.38. The van der Waals surface area contributed by atoms with Crippen LogP contribution in [0.2, 0.25) is 0 Å². The first-order valence-electron chi connectivity index (χ1n) is 8.02. The summed E-state index contributed by atoms with van der Waals surface area (Å²) < 4.78 is 0. The molecular weight excluding hydrogens is 290 g/mol. The summed E-state index contributed by atoms with van der Waals surface area (Å²) in [7, 11) is 0. The normalized spacial score (nSPS) is 23.6. The van der Waals surface area contributed by atoms with Gasteiger partial charge in [-0.15, -0.1) is 0 Å². The van der Waals surface area contributed by atoms with E-state index in [1.165, 1.54) is 0 Å². The molecule has 0 saturated heterocycles. The number of nitriles is 1. The number of amides is 2. The lowest BCUT2D eigenvalue weighted by Gasteiger charge is -2.35. The number of nitrogens with zero attached hydrogens (tertiary/aromatic N) is 1. The summed E-state index contributed by atoms with van der Waals surface area (Å²) in [5.41, 5.74) is 0.629. The monoisotopic (exact) mass is 313 g/mol. The van der Waals surface area contributed by atoms with E-state index in [0.29, 0.717) is 24.3 Å². The van der Waals surface area contributed by atoms with Gasteiger partial charge in [-0.05, 0) is 43.7 Å². The first-order valence-corrected chi connectivity index (χ1v) is 8.02. The molecule has 2 N–H and O–H groups in total. The van der Waals surface area contributed by atoms with Crippen molar-refractivity contribution in [2.45, 2.75) is 45.1 Å². The van der Waals surface area contributed by atoms with Crippen molar-refractivity contribution >= 4 is 11.8 Å². The molecule has 2 amide bonds. The van der Waals surface area contributed by atoms with Crippen molar-refractivity contribution in [2.75, 3.05) is 6.54 Å². The van der Waals surface area contributed by atoms with Crippen molar-refractivity contribution in [1.29, 1.82) is 5.26 Å². The Bertz CT molecular complexity index is 635. The maximum absolute atomic E-state index is 12.1. The molecule has 0 spiro atoms. The molecule has 0 aromatic heterocycles. The molecule has 1 aromatic carbocycles. The molecule has 0 unspecified atom stereocenters. The third-order valence-corrected chi connectivity index (χ3v) is 4.39. The second kappa shape index (κ2) is 7.28. The number of rotatable bonds is 4. The largest absolute Gasteiger partial charge is 0.343 e. The molecule has 5 nitrogen and oxygen atoms in total. The quantitative estimate of drug-likeness (QED) is 0.895. The van der Waals surface area contributed by atoms with Gasteiger partial charge in [0.25, 0.3) is 5.91 Å². The molecule has 1 aliphatic carbocycles. The molecule has 5 heteroatoms. The molecule has 1 saturated carbocycles. The number of hydrogen-bond donors (Lipinski definition) is 2. The zero-order chi connectivity index (χ0) is 16.9. The zero-order valence-corrected chi connectivity index (χ0v) is 13.7. The Labute approximate surface area is 137 Å². The average molecular weight is 313 g/mol. The maximum atomic E-state index is 12.1. The Morgan fingerprint density at radius 1 is 1.39 bits per heavy atom. The molecule has 23 heavy (non-hydrogen) atoms. The average Bonchev–Trinajstić information content (AvgIpc) is 2.53. The van der Waals surface area contributed by atoms with Crippen molar-refractivity contribution in [3.8, 4) is 6.07 Å². The number of carbonyl (C=O) groups is 2. The molecule has 1 fully saturated rings. The van der Waals surface area contributed by atoms with Crippen molar-refractivity contribution in [1.82, 2.24) is 10.6 Å². The van der Waals surface area contributed by atoms with Crippen LogP contribution < -0.4 is 10.6 Å². The minimum Gasteiger partial charge on any atom is -0.343 e. The van der Waals surface area contributed by atoms with Gasteiger partial charge < -0.3 is 10.6 Å². The SMILES string of the molecule is Cc1ccccc1C(=O)NCC(=O)N[C@]1(C#N)CCC[C@@H](C)C1. The van der Waals surface area contributed by atoms with Crippen molar-refractivity contribution < 1.29 is 9.59 Å². The number of aryl methyl sites for hydroxylation is 1. The molecule has 0 radical (unpaired) electrons. The van der Waals surface area contributed by atoms with Crippen LogP contribution in [-0.2, 0) is 4.79 Å². The predicted molar refractivity (Wildman–Crippen MR) is 87.6 cm³/mol. The van der Waals surface area contributed by atoms with Gasteiger partial charge in [0, 0.05) is 5.56 Å². The Morgan fingerprint density at radius 2 is 2.13 bits per heavy atom. The number of carbonyl (C=O) groups excluding carboxylic acids is 2. The van der Waals surface area contributed by atoms with Crippen LogP contribution in [0.3, 0.4) is 0 Å². The van der Waals surface area contributed by atoms with E-state index in [0.717, 1.165) is 18.4 Å². The highest BCUT2D eigenvalue weighted by molar-refractivity contribution is 5.97. The van der Waals surface area contributed by atoms with Crippen molar-refractivity contribution in [3.63, 3.8) is 0 Å². The van der Waals surface area contributed by atoms with E-state index in [1.807, 2.05) is 19.1 Å². The van der Waals surface area contributed by atoms with Crippen LogP contribution in [-0.4, -0.2) is 23.9 Å². The minimum atomic E-state index is -0.790. The van der Waals surface area contributed by atoms with Crippen LogP contribution in [0.4, 0.5) is 0 Å². The fourth-order valence-electron chi connectivity index (χ4n) is 3.19. The molecule has 1 aromatic rings. The minimum absolute atomic E-state index is 0.120. The molecular formula is C18H23N3O2. The first kappa shape index (κ1) is 17.0.